The van der Waals surface area contributed by atoms with Gasteiger partial charge in [0.2, 0.25) is 0 Å². The number of rotatable bonds is 0. The van der Waals surface area contributed by atoms with Gasteiger partial charge in [-0.15, -0.1) is 0 Å². The molecule has 2 aliphatic heterocycles. The third kappa shape index (κ3) is 0.933. The topological polar surface area (TPSA) is 18.5 Å². The van der Waals surface area contributed by atoms with Crippen LogP contribution in [0.4, 0.5) is 0 Å². The van der Waals surface area contributed by atoms with Crippen LogP contribution in [0.5, 0.6) is 0 Å². The minimum Gasteiger partial charge on any atom is -0.348 e. The predicted octanol–water partition coefficient (Wildman–Crippen LogP) is 1.06. The summed E-state index contributed by atoms with van der Waals surface area (Å²) in [5.74, 6) is 0. The molecule has 9 heavy (non-hydrogen) atoms. The minimum atomic E-state index is -0.0417. The molecule has 2 heterocycles. The molecule has 1 fully saturated rings. The first-order valence-electron chi connectivity index (χ1n) is 2.96. The van der Waals surface area contributed by atoms with E-state index in [1.54, 1.807) is 0 Å². The Morgan fingerprint density at radius 2 is 2.33 bits per heavy atom. The summed E-state index contributed by atoms with van der Waals surface area (Å²) in [6.45, 7) is 0.712. The quantitative estimate of drug-likeness (QED) is 0.421. The molecule has 0 N–H and O–H groups in total. The molecular formula is C6H7BrO2. The fourth-order valence-electron chi connectivity index (χ4n) is 1.03. The summed E-state index contributed by atoms with van der Waals surface area (Å²) in [4.78, 5) is 0.247. The van der Waals surface area contributed by atoms with Gasteiger partial charge in [0.25, 0.3) is 0 Å². The Hall–Kier alpha value is 0.140. The molecule has 3 heteroatoms. The average Bonchev–Trinajstić information content (AvgIpc) is 2.25. The van der Waals surface area contributed by atoms with Crippen molar-refractivity contribution < 1.29 is 9.47 Å². The molecule has 0 spiro atoms. The van der Waals surface area contributed by atoms with Gasteiger partial charge in [0, 0.05) is 0 Å². The molecule has 2 aliphatic rings. The highest BCUT2D eigenvalue weighted by atomic mass is 79.9. The van der Waals surface area contributed by atoms with Gasteiger partial charge in [-0.2, -0.15) is 0 Å². The van der Waals surface area contributed by atoms with Crippen molar-refractivity contribution in [2.75, 3.05) is 6.61 Å². The maximum atomic E-state index is 5.35. The minimum absolute atomic E-state index is 0.0417. The molecule has 0 radical (unpaired) electrons. The maximum absolute atomic E-state index is 5.35. The molecule has 2 rings (SSSR count). The lowest BCUT2D eigenvalue weighted by atomic mass is 10.2. The van der Waals surface area contributed by atoms with E-state index >= 15 is 0 Å². The molecule has 3 atom stereocenters. The van der Waals surface area contributed by atoms with Crippen LogP contribution in [-0.4, -0.2) is 23.8 Å². The zero-order valence-corrected chi connectivity index (χ0v) is 6.37. The third-order valence-electron chi connectivity index (χ3n) is 1.50. The second-order valence-corrected chi connectivity index (χ2v) is 3.26. The lowest BCUT2D eigenvalue weighted by molar-refractivity contribution is -0.0466. The van der Waals surface area contributed by atoms with Gasteiger partial charge in [0.15, 0.2) is 6.29 Å². The fraction of sp³-hybridized carbons (Fsp3) is 0.667. The molecule has 1 saturated heterocycles. The summed E-state index contributed by atoms with van der Waals surface area (Å²) < 4.78 is 10.6. The number of alkyl halides is 1. The normalized spacial score (nSPS) is 47.9. The molecule has 0 amide bonds. The second-order valence-electron chi connectivity index (χ2n) is 2.21. The van der Waals surface area contributed by atoms with Crippen LogP contribution < -0.4 is 0 Å². The Labute approximate surface area is 62.0 Å². The molecule has 0 unspecified atom stereocenters. The molecule has 0 aromatic rings. The lowest BCUT2D eigenvalue weighted by Gasteiger charge is -2.16. The van der Waals surface area contributed by atoms with Crippen molar-refractivity contribution >= 4 is 15.9 Å². The molecule has 0 aliphatic carbocycles. The SMILES string of the molecule is Br[C@H]1C=C[C@H]2CO[C@@H]1O2. The van der Waals surface area contributed by atoms with E-state index in [1.165, 1.54) is 0 Å². The van der Waals surface area contributed by atoms with Crippen molar-refractivity contribution in [3.8, 4) is 0 Å². The highest BCUT2D eigenvalue weighted by Crippen LogP contribution is 2.25. The van der Waals surface area contributed by atoms with E-state index in [9.17, 15) is 0 Å². The van der Waals surface area contributed by atoms with Crippen molar-refractivity contribution in [1.82, 2.24) is 0 Å². The van der Waals surface area contributed by atoms with E-state index in [-0.39, 0.29) is 17.2 Å². The average molecular weight is 191 g/mol. The lowest BCUT2D eigenvalue weighted by Crippen LogP contribution is -2.23. The van der Waals surface area contributed by atoms with Crippen LogP contribution >= 0.6 is 15.9 Å². The van der Waals surface area contributed by atoms with Gasteiger partial charge >= 0.3 is 0 Å². The summed E-state index contributed by atoms with van der Waals surface area (Å²) in [6, 6.07) is 0. The molecule has 2 nitrogen and oxygen atoms in total. The zero-order valence-electron chi connectivity index (χ0n) is 4.79. The van der Waals surface area contributed by atoms with E-state index in [1.807, 2.05) is 6.08 Å². The molecule has 50 valence electrons. The maximum Gasteiger partial charge on any atom is 0.174 e. The Morgan fingerprint density at radius 1 is 1.44 bits per heavy atom. The summed E-state index contributed by atoms with van der Waals surface area (Å²) in [5, 5.41) is 0. The van der Waals surface area contributed by atoms with Gasteiger partial charge in [-0.25, -0.2) is 0 Å². The van der Waals surface area contributed by atoms with E-state index in [2.05, 4.69) is 22.0 Å². The zero-order chi connectivity index (χ0) is 6.27. The van der Waals surface area contributed by atoms with Crippen LogP contribution in [0, 0.1) is 0 Å². The molecule has 0 saturated carbocycles. The Morgan fingerprint density at radius 3 is 3.11 bits per heavy atom. The number of fused-ring (bicyclic) bond motifs is 2. The summed E-state index contributed by atoms with van der Waals surface area (Å²) in [7, 11) is 0. The third-order valence-corrected chi connectivity index (χ3v) is 2.24. The highest BCUT2D eigenvalue weighted by Gasteiger charge is 2.32. The standard InChI is InChI=1S/C6H7BrO2/c7-5-2-1-4-3-8-6(5)9-4/h1-2,4-6H,3H2/t4-,5-,6+/m0/s1. The van der Waals surface area contributed by atoms with Crippen LogP contribution in [0.3, 0.4) is 0 Å². The summed E-state index contributed by atoms with van der Waals surface area (Å²) in [6.07, 6.45) is 4.28. The number of hydrogen-bond acceptors (Lipinski definition) is 2. The van der Waals surface area contributed by atoms with Gasteiger partial charge in [0.05, 0.1) is 11.4 Å². The first-order chi connectivity index (χ1) is 4.36. The van der Waals surface area contributed by atoms with Crippen molar-refractivity contribution in [2.45, 2.75) is 17.2 Å². The van der Waals surface area contributed by atoms with Crippen molar-refractivity contribution in [3.63, 3.8) is 0 Å². The smallest absolute Gasteiger partial charge is 0.174 e. The van der Waals surface area contributed by atoms with Crippen LogP contribution in [-0.2, 0) is 9.47 Å². The number of hydrogen-bond donors (Lipinski definition) is 0. The number of halogens is 1. The van der Waals surface area contributed by atoms with Crippen molar-refractivity contribution in [3.05, 3.63) is 12.2 Å². The van der Waals surface area contributed by atoms with Gasteiger partial charge in [-0.1, -0.05) is 28.1 Å². The Kier molecular flexibility index (Phi) is 1.36. The van der Waals surface area contributed by atoms with E-state index in [4.69, 9.17) is 9.47 Å². The largest absolute Gasteiger partial charge is 0.348 e. The Bertz CT molecular complexity index is 146. The van der Waals surface area contributed by atoms with Crippen molar-refractivity contribution in [1.29, 1.82) is 0 Å². The van der Waals surface area contributed by atoms with Gasteiger partial charge in [-0.05, 0) is 0 Å². The van der Waals surface area contributed by atoms with Crippen molar-refractivity contribution in [2.24, 2.45) is 0 Å². The summed E-state index contributed by atoms with van der Waals surface area (Å²) >= 11 is 3.40. The van der Waals surface area contributed by atoms with Gasteiger partial charge < -0.3 is 9.47 Å². The molecule has 2 bridgehead atoms. The van der Waals surface area contributed by atoms with E-state index < -0.39 is 0 Å². The van der Waals surface area contributed by atoms with Crippen LogP contribution in [0.25, 0.3) is 0 Å². The van der Waals surface area contributed by atoms with E-state index in [0.29, 0.717) is 6.61 Å². The molecule has 0 aromatic carbocycles. The second kappa shape index (κ2) is 2.08. The van der Waals surface area contributed by atoms with Gasteiger partial charge in [0.1, 0.15) is 6.10 Å². The fourth-order valence-corrected chi connectivity index (χ4v) is 1.48. The van der Waals surface area contributed by atoms with Crippen LogP contribution in [0.2, 0.25) is 0 Å². The predicted molar refractivity (Wildman–Crippen MR) is 36.5 cm³/mol. The van der Waals surface area contributed by atoms with E-state index in [0.717, 1.165) is 0 Å². The summed E-state index contributed by atoms with van der Waals surface area (Å²) in [5.41, 5.74) is 0. The number of ether oxygens (including phenoxy) is 2. The van der Waals surface area contributed by atoms with Gasteiger partial charge in [-0.3, -0.25) is 0 Å². The van der Waals surface area contributed by atoms with Crippen LogP contribution in [0.1, 0.15) is 0 Å². The Balaban J connectivity index is 2.19. The first kappa shape index (κ1) is 5.89. The monoisotopic (exact) mass is 190 g/mol. The first-order valence-corrected chi connectivity index (χ1v) is 3.87. The molecular weight excluding hydrogens is 184 g/mol. The van der Waals surface area contributed by atoms with Crippen LogP contribution in [0.15, 0.2) is 12.2 Å². The highest BCUT2D eigenvalue weighted by molar-refractivity contribution is 9.09. The molecule has 0 aromatic heterocycles.